The van der Waals surface area contributed by atoms with Crippen molar-refractivity contribution in [2.45, 2.75) is 46.7 Å². The minimum absolute atomic E-state index is 0.126. The third-order valence-electron chi connectivity index (χ3n) is 3.32. The zero-order valence-electron chi connectivity index (χ0n) is 15.7. The minimum Gasteiger partial charge on any atom is -0.384 e. The number of rotatable bonds is 2. The van der Waals surface area contributed by atoms with Gasteiger partial charge in [-0.3, -0.25) is 4.79 Å². The molecule has 2 aliphatic rings. The molecule has 7 nitrogen and oxygen atoms in total. The number of nitrogens with one attached hydrogen (secondary N) is 1. The van der Waals surface area contributed by atoms with Gasteiger partial charge in [0, 0.05) is 31.4 Å². The van der Waals surface area contributed by atoms with Gasteiger partial charge in [0.15, 0.2) is 0 Å². The third kappa shape index (κ3) is 6.29. The Morgan fingerprint density at radius 1 is 1.04 bits per heavy atom. The molecule has 0 aromatic heterocycles. The van der Waals surface area contributed by atoms with Crippen molar-refractivity contribution < 1.29 is 4.79 Å². The molecule has 2 rings (SSSR count). The summed E-state index contributed by atoms with van der Waals surface area (Å²) in [6.45, 7) is 17.3. The van der Waals surface area contributed by atoms with Gasteiger partial charge in [0.2, 0.25) is 5.91 Å². The van der Waals surface area contributed by atoms with Crippen molar-refractivity contribution >= 4 is 17.6 Å². The molecule has 0 radical (unpaired) electrons. The molecular weight excluding hydrogens is 316 g/mol. The molecule has 3 N–H and O–H groups in total. The lowest BCUT2D eigenvalue weighted by Crippen LogP contribution is -2.33. The maximum atomic E-state index is 10.8. The van der Waals surface area contributed by atoms with E-state index in [4.69, 9.17) is 5.73 Å². The van der Waals surface area contributed by atoms with Crippen LogP contribution in [0.15, 0.2) is 59.3 Å². The van der Waals surface area contributed by atoms with Crippen LogP contribution in [0.25, 0.3) is 0 Å². The van der Waals surface area contributed by atoms with E-state index in [0.717, 1.165) is 0 Å². The van der Waals surface area contributed by atoms with Crippen LogP contribution in [-0.4, -0.2) is 39.5 Å². The highest BCUT2D eigenvalue weighted by Crippen LogP contribution is 2.14. The molecule has 2 aliphatic heterocycles. The van der Waals surface area contributed by atoms with Crippen LogP contribution in [0.5, 0.6) is 0 Å². The number of aliphatic imine (C=N–C) groups is 2. The first kappa shape index (κ1) is 20.2. The van der Waals surface area contributed by atoms with Gasteiger partial charge in [0.05, 0.1) is 0 Å². The van der Waals surface area contributed by atoms with E-state index >= 15 is 0 Å². The van der Waals surface area contributed by atoms with Crippen LogP contribution in [0.3, 0.4) is 0 Å². The fraction of sp³-hybridized carbons (Fsp3) is 0.389. The summed E-state index contributed by atoms with van der Waals surface area (Å²) in [7, 11) is 0. The van der Waals surface area contributed by atoms with Crippen molar-refractivity contribution in [3.05, 3.63) is 49.4 Å². The number of hydrogen-bond acceptors (Lipinski definition) is 6. The van der Waals surface area contributed by atoms with Crippen molar-refractivity contribution in [3.8, 4) is 0 Å². The summed E-state index contributed by atoms with van der Waals surface area (Å²) >= 11 is 0. The second kappa shape index (κ2) is 8.86. The van der Waals surface area contributed by atoms with Crippen molar-refractivity contribution in [3.63, 3.8) is 0 Å². The predicted octanol–water partition coefficient (Wildman–Crippen LogP) is 2.28. The van der Waals surface area contributed by atoms with Gasteiger partial charge in [0.25, 0.3) is 0 Å². The summed E-state index contributed by atoms with van der Waals surface area (Å²) < 4.78 is 0. The Balaban J connectivity index is 0.000000257. The van der Waals surface area contributed by atoms with Gasteiger partial charge in [-0.25, -0.2) is 9.98 Å². The Bertz CT molecular complexity index is 654. The summed E-state index contributed by atoms with van der Waals surface area (Å²) in [6.07, 6.45) is 7.30. The van der Waals surface area contributed by atoms with E-state index < -0.39 is 0 Å². The molecule has 0 saturated carbocycles. The Morgan fingerprint density at radius 2 is 1.52 bits per heavy atom. The summed E-state index contributed by atoms with van der Waals surface area (Å²) in [5.74, 6) is 2.29. The minimum atomic E-state index is -0.126. The lowest BCUT2D eigenvalue weighted by Gasteiger charge is -2.27. The molecule has 0 bridgehead atoms. The van der Waals surface area contributed by atoms with Crippen LogP contribution in [0.4, 0.5) is 0 Å². The van der Waals surface area contributed by atoms with Gasteiger partial charge in [-0.2, -0.15) is 0 Å². The van der Waals surface area contributed by atoms with E-state index in [9.17, 15) is 4.79 Å². The first-order valence-electron chi connectivity index (χ1n) is 8.13. The molecule has 0 aliphatic carbocycles. The average Bonchev–Trinajstić information content (AvgIpc) is 2.46. The summed E-state index contributed by atoms with van der Waals surface area (Å²) in [6, 6.07) is 0.706. The van der Waals surface area contributed by atoms with Gasteiger partial charge in [-0.05, 0) is 39.8 Å². The van der Waals surface area contributed by atoms with Crippen molar-refractivity contribution in [2.75, 3.05) is 0 Å². The molecule has 7 heteroatoms. The van der Waals surface area contributed by atoms with Crippen LogP contribution < -0.4 is 11.1 Å². The van der Waals surface area contributed by atoms with Crippen LogP contribution >= 0.6 is 0 Å². The van der Waals surface area contributed by atoms with Crippen molar-refractivity contribution in [1.29, 1.82) is 0 Å². The maximum absolute atomic E-state index is 10.8. The smallest absolute Gasteiger partial charge is 0.222 e. The summed E-state index contributed by atoms with van der Waals surface area (Å²) in [4.78, 5) is 22.8. The van der Waals surface area contributed by atoms with E-state index in [1.807, 2.05) is 22.2 Å². The van der Waals surface area contributed by atoms with E-state index in [1.165, 1.54) is 6.92 Å². The largest absolute Gasteiger partial charge is 0.384 e. The number of carbonyl (C=O) groups is 1. The van der Waals surface area contributed by atoms with Crippen molar-refractivity contribution in [2.24, 2.45) is 15.7 Å². The molecule has 2 heterocycles. The van der Waals surface area contributed by atoms with Crippen LogP contribution in [0, 0.1) is 0 Å². The van der Waals surface area contributed by atoms with E-state index in [2.05, 4.69) is 56.2 Å². The van der Waals surface area contributed by atoms with Gasteiger partial charge in [-0.15, -0.1) is 0 Å². The Morgan fingerprint density at radius 3 is 1.92 bits per heavy atom. The second-order valence-electron chi connectivity index (χ2n) is 6.18. The van der Waals surface area contributed by atoms with Crippen molar-refractivity contribution in [1.82, 2.24) is 15.1 Å². The highest BCUT2D eigenvalue weighted by molar-refractivity contribution is 6.04. The normalized spacial score (nSPS) is 16.6. The highest BCUT2D eigenvalue weighted by atomic mass is 16.1. The average molecular weight is 344 g/mol. The fourth-order valence-electron chi connectivity index (χ4n) is 2.15. The number of hydrogen-bond donors (Lipinski definition) is 2. The Labute approximate surface area is 150 Å². The molecule has 0 aromatic carbocycles. The maximum Gasteiger partial charge on any atom is 0.222 e. The first-order chi connectivity index (χ1) is 11.6. The number of nitrogens with zero attached hydrogens (tertiary/aromatic N) is 4. The number of nitrogens with two attached hydrogens (primary N) is 1. The molecule has 0 atom stereocenters. The molecule has 0 unspecified atom stereocenters. The van der Waals surface area contributed by atoms with Crippen LogP contribution in [-0.2, 0) is 4.79 Å². The lowest BCUT2D eigenvalue weighted by atomic mass is 10.3. The zero-order chi connectivity index (χ0) is 19.1. The Hall–Kier alpha value is -2.83. The van der Waals surface area contributed by atoms with E-state index in [-0.39, 0.29) is 5.91 Å². The Kier molecular flexibility index (Phi) is 7.17. The third-order valence-corrected chi connectivity index (χ3v) is 3.32. The number of amides is 1. The second-order valence-corrected chi connectivity index (χ2v) is 6.18. The number of amidine groups is 2. The number of carbonyl (C=O) groups excluding carboxylic acids is 1. The predicted molar refractivity (Wildman–Crippen MR) is 103 cm³/mol. The molecule has 1 amide bonds. The van der Waals surface area contributed by atoms with E-state index in [0.29, 0.717) is 35.4 Å². The monoisotopic (exact) mass is 344 g/mol. The fourth-order valence-corrected chi connectivity index (χ4v) is 2.15. The first-order valence-corrected chi connectivity index (χ1v) is 8.13. The lowest BCUT2D eigenvalue weighted by molar-refractivity contribution is -0.117. The van der Waals surface area contributed by atoms with E-state index in [1.54, 1.807) is 12.2 Å². The van der Waals surface area contributed by atoms with Gasteiger partial charge < -0.3 is 20.9 Å². The summed E-state index contributed by atoms with van der Waals surface area (Å²) in [5.41, 5.74) is 5.46. The van der Waals surface area contributed by atoms with Crippen LogP contribution in [0.1, 0.15) is 34.6 Å². The molecule has 0 spiro atoms. The molecule has 136 valence electrons. The van der Waals surface area contributed by atoms with Gasteiger partial charge in [0.1, 0.15) is 23.3 Å². The molecular formula is C18H28N6O. The topological polar surface area (TPSA) is 86.3 Å². The van der Waals surface area contributed by atoms with Gasteiger partial charge in [-0.1, -0.05) is 13.2 Å². The molecule has 0 aromatic rings. The SMILES string of the molecule is C=C1N=C(N)C=CN1C(C)C.C=C1N=C(NC(C)=O)C=CN1C(C)C. The zero-order valence-corrected chi connectivity index (χ0v) is 15.7. The molecule has 0 fully saturated rings. The highest BCUT2D eigenvalue weighted by Gasteiger charge is 2.13. The molecule has 0 saturated heterocycles. The summed E-state index contributed by atoms with van der Waals surface area (Å²) in [5, 5.41) is 2.61. The standard InChI is InChI=1S/C10H15N3O.C8H13N3/c1-7(2)13-6-5-10(11-8(13)3)12-9(4)14;1-6(2)11-5-4-8(9)10-7(11)3/h5-7H,3H2,1-2,4H3,(H,11,12,14);4-6H,3H2,1-2H3,(H2,9,10). The quantitative estimate of drug-likeness (QED) is 0.805. The molecule has 25 heavy (non-hydrogen) atoms. The van der Waals surface area contributed by atoms with Crippen LogP contribution in [0.2, 0.25) is 0 Å². The van der Waals surface area contributed by atoms with Gasteiger partial charge >= 0.3 is 0 Å².